The van der Waals surface area contributed by atoms with Crippen LogP contribution in [0.3, 0.4) is 0 Å². The van der Waals surface area contributed by atoms with Gasteiger partial charge in [0.1, 0.15) is 5.82 Å². The summed E-state index contributed by atoms with van der Waals surface area (Å²) in [7, 11) is 0. The number of carbonyl (C=O) groups excluding carboxylic acids is 1. The Hall–Kier alpha value is -2.73. The molecule has 1 fully saturated rings. The second-order valence-electron chi connectivity index (χ2n) is 7.99. The van der Waals surface area contributed by atoms with Gasteiger partial charge in [-0.15, -0.1) is 0 Å². The lowest BCUT2D eigenvalue weighted by molar-refractivity contribution is -0.126. The summed E-state index contributed by atoms with van der Waals surface area (Å²) in [5.41, 5.74) is 5.63. The number of aromatic nitrogens is 3. The van der Waals surface area contributed by atoms with Gasteiger partial charge in [-0.1, -0.05) is 12.1 Å². The van der Waals surface area contributed by atoms with Gasteiger partial charge in [-0.05, 0) is 69.1 Å². The zero-order chi connectivity index (χ0) is 20.2. The van der Waals surface area contributed by atoms with Crippen molar-refractivity contribution >= 4 is 16.9 Å². The molecule has 29 heavy (non-hydrogen) atoms. The van der Waals surface area contributed by atoms with Gasteiger partial charge in [0.25, 0.3) is 0 Å². The first-order valence-electron chi connectivity index (χ1n) is 10.4. The molecular weight excluding hydrogens is 362 g/mol. The van der Waals surface area contributed by atoms with Crippen molar-refractivity contribution < 1.29 is 4.79 Å². The van der Waals surface area contributed by atoms with Crippen molar-refractivity contribution in [3.8, 4) is 0 Å². The molecule has 1 aromatic carbocycles. The SMILES string of the molecule is Cc1ccc2[nH]c(CCN3CCC(C(=O)NCc4ccccn4)CC3)nc2c1C. The summed E-state index contributed by atoms with van der Waals surface area (Å²) in [6, 6.07) is 10.0. The fourth-order valence-corrected chi connectivity index (χ4v) is 3.99. The van der Waals surface area contributed by atoms with E-state index in [-0.39, 0.29) is 11.8 Å². The number of H-pyrrole nitrogens is 1. The molecule has 0 spiro atoms. The fraction of sp³-hybridized carbons (Fsp3) is 0.435. The largest absolute Gasteiger partial charge is 0.350 e. The number of pyridine rings is 1. The molecule has 1 aliphatic rings. The van der Waals surface area contributed by atoms with E-state index in [4.69, 9.17) is 4.98 Å². The van der Waals surface area contributed by atoms with Crippen LogP contribution in [0.4, 0.5) is 0 Å². The number of nitrogens with zero attached hydrogens (tertiary/aromatic N) is 3. The van der Waals surface area contributed by atoms with Gasteiger partial charge in [0.05, 0.1) is 23.3 Å². The van der Waals surface area contributed by atoms with Crippen molar-refractivity contribution in [3.63, 3.8) is 0 Å². The maximum Gasteiger partial charge on any atom is 0.223 e. The molecule has 1 saturated heterocycles. The third-order valence-corrected chi connectivity index (χ3v) is 6.02. The topological polar surface area (TPSA) is 73.9 Å². The van der Waals surface area contributed by atoms with Crippen molar-refractivity contribution in [2.75, 3.05) is 19.6 Å². The van der Waals surface area contributed by atoms with E-state index in [0.717, 1.165) is 61.4 Å². The van der Waals surface area contributed by atoms with E-state index in [0.29, 0.717) is 6.54 Å². The number of likely N-dealkylation sites (tertiary alicyclic amines) is 1. The van der Waals surface area contributed by atoms with Gasteiger partial charge >= 0.3 is 0 Å². The lowest BCUT2D eigenvalue weighted by Crippen LogP contribution is -2.41. The normalized spacial score (nSPS) is 15.7. The Labute approximate surface area is 171 Å². The van der Waals surface area contributed by atoms with Crippen molar-refractivity contribution in [2.24, 2.45) is 5.92 Å². The number of rotatable bonds is 6. The summed E-state index contributed by atoms with van der Waals surface area (Å²) in [5.74, 6) is 1.30. The molecule has 0 atom stereocenters. The van der Waals surface area contributed by atoms with Crippen LogP contribution in [0.15, 0.2) is 36.5 Å². The number of hydrogen-bond donors (Lipinski definition) is 2. The van der Waals surface area contributed by atoms with Crippen LogP contribution in [0, 0.1) is 19.8 Å². The molecule has 6 heteroatoms. The minimum Gasteiger partial charge on any atom is -0.350 e. The Morgan fingerprint density at radius 3 is 2.79 bits per heavy atom. The summed E-state index contributed by atoms with van der Waals surface area (Å²) in [4.78, 5) is 27.4. The number of piperidine rings is 1. The molecule has 0 radical (unpaired) electrons. The summed E-state index contributed by atoms with van der Waals surface area (Å²) in [6.07, 6.45) is 4.48. The molecule has 0 saturated carbocycles. The lowest BCUT2D eigenvalue weighted by atomic mass is 9.96. The first-order valence-corrected chi connectivity index (χ1v) is 10.4. The highest BCUT2D eigenvalue weighted by Gasteiger charge is 2.24. The number of aromatic amines is 1. The van der Waals surface area contributed by atoms with Gasteiger partial charge in [0, 0.05) is 25.1 Å². The monoisotopic (exact) mass is 391 g/mol. The van der Waals surface area contributed by atoms with Crippen LogP contribution in [0.25, 0.3) is 11.0 Å². The van der Waals surface area contributed by atoms with Gasteiger partial charge < -0.3 is 15.2 Å². The molecule has 152 valence electrons. The quantitative estimate of drug-likeness (QED) is 0.677. The van der Waals surface area contributed by atoms with Crippen molar-refractivity contribution in [3.05, 3.63) is 59.2 Å². The van der Waals surface area contributed by atoms with Gasteiger partial charge in [0.15, 0.2) is 0 Å². The minimum atomic E-state index is 0.104. The number of carbonyl (C=O) groups is 1. The highest BCUT2D eigenvalue weighted by Crippen LogP contribution is 2.21. The van der Waals surface area contributed by atoms with Crippen molar-refractivity contribution in [1.82, 2.24) is 25.2 Å². The van der Waals surface area contributed by atoms with Crippen LogP contribution in [-0.4, -0.2) is 45.4 Å². The first-order chi connectivity index (χ1) is 14.1. The van der Waals surface area contributed by atoms with Crippen LogP contribution in [0.2, 0.25) is 0 Å². The van der Waals surface area contributed by atoms with Crippen LogP contribution < -0.4 is 5.32 Å². The summed E-state index contributed by atoms with van der Waals surface area (Å²) in [5, 5.41) is 3.03. The molecule has 3 aromatic rings. The van der Waals surface area contributed by atoms with E-state index in [1.165, 1.54) is 11.1 Å². The molecular formula is C23H29N5O. The van der Waals surface area contributed by atoms with Gasteiger partial charge in [0.2, 0.25) is 5.91 Å². The average molecular weight is 392 g/mol. The standard InChI is InChI=1S/C23H29N5O/c1-16-6-7-20-22(17(16)2)27-21(26-20)10-14-28-12-8-18(9-13-28)23(29)25-15-19-5-3-4-11-24-19/h3-7,11,18H,8-10,12-15H2,1-2H3,(H,25,29)(H,26,27). The predicted octanol–water partition coefficient (Wildman–Crippen LogP) is 3.15. The fourth-order valence-electron chi connectivity index (χ4n) is 3.99. The Morgan fingerprint density at radius 1 is 1.21 bits per heavy atom. The zero-order valence-corrected chi connectivity index (χ0v) is 17.2. The molecule has 1 amide bonds. The van der Waals surface area contributed by atoms with Gasteiger partial charge in [-0.2, -0.15) is 0 Å². The Balaban J connectivity index is 1.24. The number of benzene rings is 1. The number of hydrogen-bond acceptors (Lipinski definition) is 4. The number of nitrogens with one attached hydrogen (secondary N) is 2. The van der Waals surface area contributed by atoms with Crippen LogP contribution in [0.5, 0.6) is 0 Å². The molecule has 4 rings (SSSR count). The molecule has 2 N–H and O–H groups in total. The highest BCUT2D eigenvalue weighted by atomic mass is 16.1. The van der Waals surface area contributed by atoms with Crippen LogP contribution in [-0.2, 0) is 17.8 Å². The average Bonchev–Trinajstić information content (AvgIpc) is 3.18. The molecule has 0 aliphatic carbocycles. The van der Waals surface area contributed by atoms with E-state index in [9.17, 15) is 4.79 Å². The maximum atomic E-state index is 12.4. The third kappa shape index (κ3) is 4.65. The van der Waals surface area contributed by atoms with E-state index < -0.39 is 0 Å². The Kier molecular flexibility index (Phi) is 5.90. The maximum absolute atomic E-state index is 12.4. The molecule has 2 aromatic heterocycles. The minimum absolute atomic E-state index is 0.104. The molecule has 3 heterocycles. The van der Waals surface area contributed by atoms with E-state index in [1.54, 1.807) is 6.20 Å². The number of amides is 1. The van der Waals surface area contributed by atoms with Crippen LogP contribution in [0.1, 0.15) is 35.5 Å². The number of imidazole rings is 1. The molecule has 0 unspecified atom stereocenters. The Bertz CT molecular complexity index is 974. The highest BCUT2D eigenvalue weighted by molar-refractivity contribution is 5.80. The van der Waals surface area contributed by atoms with Gasteiger partial charge in [-0.25, -0.2) is 4.98 Å². The molecule has 1 aliphatic heterocycles. The first kappa shape index (κ1) is 19.6. The zero-order valence-electron chi connectivity index (χ0n) is 17.2. The Morgan fingerprint density at radius 2 is 2.03 bits per heavy atom. The summed E-state index contributed by atoms with van der Waals surface area (Å²) < 4.78 is 0. The second-order valence-corrected chi connectivity index (χ2v) is 7.99. The van der Waals surface area contributed by atoms with Gasteiger partial charge in [-0.3, -0.25) is 9.78 Å². The molecule has 6 nitrogen and oxygen atoms in total. The lowest BCUT2D eigenvalue weighted by Gasteiger charge is -2.31. The van der Waals surface area contributed by atoms with E-state index >= 15 is 0 Å². The molecule has 0 bridgehead atoms. The van der Waals surface area contributed by atoms with Crippen molar-refractivity contribution in [1.29, 1.82) is 0 Å². The van der Waals surface area contributed by atoms with E-state index in [1.807, 2.05) is 18.2 Å². The predicted molar refractivity (Wildman–Crippen MR) is 115 cm³/mol. The number of aryl methyl sites for hydroxylation is 2. The summed E-state index contributed by atoms with van der Waals surface area (Å²) in [6.45, 7) is 7.65. The van der Waals surface area contributed by atoms with Crippen molar-refractivity contribution in [2.45, 2.75) is 39.7 Å². The second kappa shape index (κ2) is 8.74. The number of fused-ring (bicyclic) bond motifs is 1. The smallest absolute Gasteiger partial charge is 0.223 e. The van der Waals surface area contributed by atoms with Crippen LogP contribution >= 0.6 is 0 Å². The summed E-state index contributed by atoms with van der Waals surface area (Å²) >= 11 is 0. The van der Waals surface area contributed by atoms with E-state index in [2.05, 4.69) is 46.2 Å². The third-order valence-electron chi connectivity index (χ3n) is 6.02.